The first kappa shape index (κ1) is 66.1. The number of hydrogen-bond acceptors (Lipinski definition) is 10. The summed E-state index contributed by atoms with van der Waals surface area (Å²) in [5.41, 5.74) is -8.01. The molecule has 2 aromatic heterocycles. The Balaban J connectivity index is 0.000000242. The van der Waals surface area contributed by atoms with Crippen LogP contribution in [0.25, 0.3) is 22.9 Å². The summed E-state index contributed by atoms with van der Waals surface area (Å²) in [6.07, 6.45) is -17.9. The lowest BCUT2D eigenvalue weighted by atomic mass is 9.92. The molecule has 3 atom stereocenters. The lowest BCUT2D eigenvalue weighted by molar-refractivity contribution is -0.144. The Labute approximate surface area is 477 Å². The molecule has 0 radical (unpaired) electrons. The molecular formula is C57H71F15N8O4. The van der Waals surface area contributed by atoms with Gasteiger partial charge in [0.1, 0.15) is 0 Å². The molecule has 12 nitrogen and oxygen atoms in total. The molecule has 84 heavy (non-hydrogen) atoms. The van der Waals surface area contributed by atoms with Gasteiger partial charge in [-0.2, -0.15) is 65.9 Å². The van der Waals surface area contributed by atoms with E-state index >= 15 is 0 Å². The van der Waals surface area contributed by atoms with E-state index in [0.29, 0.717) is 69.6 Å². The molecule has 27 heteroatoms. The van der Waals surface area contributed by atoms with E-state index in [2.05, 4.69) is 51.2 Å². The Morgan fingerprint density at radius 3 is 1.30 bits per heavy atom. The number of halogens is 15. The van der Waals surface area contributed by atoms with Crippen LogP contribution in [-0.4, -0.2) is 120 Å². The molecule has 0 bridgehead atoms. The highest BCUT2D eigenvalue weighted by molar-refractivity contribution is 5.79. The molecule has 2 N–H and O–H groups in total. The fourth-order valence-electron chi connectivity index (χ4n) is 11.7. The van der Waals surface area contributed by atoms with Gasteiger partial charge in [0.2, 0.25) is 23.6 Å². The van der Waals surface area contributed by atoms with E-state index in [4.69, 9.17) is 8.83 Å². The molecule has 4 aromatic rings. The highest BCUT2D eigenvalue weighted by Gasteiger charge is 2.43. The SMILES string of the molecule is C[C@@H]1C[C@H](C)CN(CCCNC(=O)C2CCN(Cc3oc(-c4cc(C(F)(F)F)cc(C(F)(F)F)c4)nc3C(F)(F)F)CC2)C1.Cc1cc(-c2nc(C(F)(F)F)c(CN3CCC(C(=O)NCCCN4CCCC(C)C4)CC3)o2)cc(C(F)(F)F)c1. The number of carbonyl (C=O) groups excluding carboxylic acids is 2. The molecule has 4 saturated heterocycles. The van der Waals surface area contributed by atoms with Gasteiger partial charge in [-0.3, -0.25) is 19.4 Å². The van der Waals surface area contributed by atoms with E-state index in [0.717, 1.165) is 64.2 Å². The molecule has 4 fully saturated rings. The zero-order chi connectivity index (χ0) is 61.5. The second kappa shape index (κ2) is 27.5. The summed E-state index contributed by atoms with van der Waals surface area (Å²) >= 11 is 0. The van der Waals surface area contributed by atoms with Crippen LogP contribution in [0.2, 0.25) is 0 Å². The number of hydrogen-bond donors (Lipinski definition) is 2. The van der Waals surface area contributed by atoms with Crippen molar-refractivity contribution in [3.8, 4) is 22.9 Å². The second-order valence-electron chi connectivity index (χ2n) is 23.1. The van der Waals surface area contributed by atoms with Crippen LogP contribution in [0.4, 0.5) is 65.9 Å². The summed E-state index contributed by atoms with van der Waals surface area (Å²) in [4.78, 5) is 40.3. The Morgan fingerprint density at radius 2 is 0.893 bits per heavy atom. The Morgan fingerprint density at radius 1 is 0.500 bits per heavy atom. The van der Waals surface area contributed by atoms with Gasteiger partial charge < -0.3 is 29.3 Å². The van der Waals surface area contributed by atoms with Crippen molar-refractivity contribution in [3.63, 3.8) is 0 Å². The van der Waals surface area contributed by atoms with Crippen molar-refractivity contribution < 1.29 is 84.3 Å². The minimum absolute atomic E-state index is 0.0375. The van der Waals surface area contributed by atoms with E-state index in [1.807, 2.05) is 0 Å². The quantitative estimate of drug-likeness (QED) is 0.0828. The number of nitrogens with one attached hydrogen (secondary N) is 2. The smallest absolute Gasteiger partial charge is 0.436 e. The number of amides is 2. The second-order valence-corrected chi connectivity index (χ2v) is 23.1. The Kier molecular flexibility index (Phi) is 21.7. The third kappa shape index (κ3) is 18.8. The first-order chi connectivity index (χ1) is 39.2. The average Bonchev–Trinajstić information content (AvgIpc) is 2.41. The lowest BCUT2D eigenvalue weighted by Crippen LogP contribution is -2.42. The zero-order valence-corrected chi connectivity index (χ0v) is 47.1. The standard InChI is InChI=1S/C29H35F9N4O2.C28H36F6N4O2/c1-17-10-18(2)15-42(14-17)7-3-6-39-25(43)19-4-8-41(9-5-19)16-23-24(29(36,37)38)40-26(44-23)20-11-21(27(30,31)32)13-22(12-20)28(33,34)35;1-18-5-3-9-37(16-18)10-4-8-35-25(39)20-6-11-38(12-7-20)17-23-24(28(32,33)34)36-26(40-23)21-13-19(2)14-22(15-21)27(29,30)31/h11-13,17-19H,3-10,14-16H2,1-2H3,(H,39,43);13-15,18,20H,3-12,16-17H2,1-2H3,(H,35,39)/t17-,18+;. The number of carbonyl (C=O) groups is 2. The van der Waals surface area contributed by atoms with Gasteiger partial charge in [-0.1, -0.05) is 20.8 Å². The van der Waals surface area contributed by atoms with Gasteiger partial charge in [-0.15, -0.1) is 0 Å². The van der Waals surface area contributed by atoms with Crippen LogP contribution in [0.5, 0.6) is 0 Å². The fraction of sp³-hybridized carbons (Fsp3) is 0.649. The lowest BCUT2D eigenvalue weighted by Gasteiger charge is -2.35. The first-order valence-corrected chi connectivity index (χ1v) is 28.3. The van der Waals surface area contributed by atoms with E-state index in [9.17, 15) is 75.4 Å². The van der Waals surface area contributed by atoms with Crippen LogP contribution >= 0.6 is 0 Å². The number of likely N-dealkylation sites (tertiary alicyclic amines) is 4. The molecule has 0 aliphatic carbocycles. The number of nitrogens with zero attached hydrogens (tertiary/aromatic N) is 6. The summed E-state index contributed by atoms with van der Waals surface area (Å²) in [6, 6.07) is 3.36. The van der Waals surface area contributed by atoms with Crippen molar-refractivity contribution >= 4 is 11.8 Å². The van der Waals surface area contributed by atoms with Crippen molar-refractivity contribution in [2.75, 3.05) is 78.5 Å². The van der Waals surface area contributed by atoms with Crippen LogP contribution in [0.3, 0.4) is 0 Å². The van der Waals surface area contributed by atoms with E-state index in [1.165, 1.54) is 32.3 Å². The summed E-state index contributed by atoms with van der Waals surface area (Å²) < 4.78 is 213. The van der Waals surface area contributed by atoms with Crippen molar-refractivity contribution in [1.82, 2.24) is 40.2 Å². The molecule has 0 saturated carbocycles. The number of aromatic nitrogens is 2. The summed E-state index contributed by atoms with van der Waals surface area (Å²) in [5, 5.41) is 5.93. The van der Waals surface area contributed by atoms with Crippen molar-refractivity contribution in [2.24, 2.45) is 29.6 Å². The fourth-order valence-corrected chi connectivity index (χ4v) is 11.7. The number of alkyl halides is 15. The number of benzene rings is 2. The topological polar surface area (TPSA) is 123 Å². The average molecular weight is 1220 g/mol. The maximum Gasteiger partial charge on any atom is 0.436 e. The first-order valence-electron chi connectivity index (χ1n) is 28.3. The molecule has 4 aliphatic rings. The molecule has 4 aliphatic heterocycles. The minimum atomic E-state index is -5.19. The number of aryl methyl sites for hydroxylation is 1. The van der Waals surface area contributed by atoms with Gasteiger partial charge in [0.05, 0.1) is 29.8 Å². The largest absolute Gasteiger partial charge is 0.439 e. The number of rotatable bonds is 16. The van der Waals surface area contributed by atoms with E-state index < -0.39 is 94.4 Å². The molecular weight excluding hydrogens is 1150 g/mol. The van der Waals surface area contributed by atoms with Gasteiger partial charge in [0.15, 0.2) is 22.9 Å². The van der Waals surface area contributed by atoms with Gasteiger partial charge >= 0.3 is 30.9 Å². The molecule has 6 heterocycles. The van der Waals surface area contributed by atoms with Crippen LogP contribution in [0, 0.1) is 36.5 Å². The normalized spacial score (nSPS) is 20.9. The van der Waals surface area contributed by atoms with E-state index in [1.54, 1.807) is 9.80 Å². The number of oxazole rings is 2. The molecule has 2 amide bonds. The van der Waals surface area contributed by atoms with Crippen LogP contribution in [-0.2, 0) is 53.6 Å². The molecule has 0 spiro atoms. The summed E-state index contributed by atoms with van der Waals surface area (Å²) in [5.74, 6) is -1.45. The van der Waals surface area contributed by atoms with Crippen LogP contribution in [0.15, 0.2) is 45.2 Å². The highest BCUT2D eigenvalue weighted by atomic mass is 19.4. The maximum absolute atomic E-state index is 13.8. The molecule has 2 aromatic carbocycles. The van der Waals surface area contributed by atoms with Gasteiger partial charge in [-0.05, 0) is 170 Å². The molecule has 468 valence electrons. The number of piperidine rings is 4. The monoisotopic (exact) mass is 1220 g/mol. The van der Waals surface area contributed by atoms with Crippen LogP contribution in [0.1, 0.15) is 124 Å². The third-order valence-corrected chi connectivity index (χ3v) is 15.7. The predicted octanol–water partition coefficient (Wildman–Crippen LogP) is 13.2. The Hall–Kier alpha value is -5.41. The van der Waals surface area contributed by atoms with Crippen molar-refractivity contribution in [3.05, 3.63) is 81.6 Å². The van der Waals surface area contributed by atoms with E-state index in [-0.39, 0.29) is 72.6 Å². The maximum atomic E-state index is 13.8. The Bertz CT molecular complexity index is 2770. The van der Waals surface area contributed by atoms with Crippen molar-refractivity contribution in [1.29, 1.82) is 0 Å². The predicted molar refractivity (Wildman–Crippen MR) is 279 cm³/mol. The van der Waals surface area contributed by atoms with Crippen LogP contribution < -0.4 is 10.6 Å². The minimum Gasteiger partial charge on any atom is -0.439 e. The molecule has 8 rings (SSSR count). The van der Waals surface area contributed by atoms with Crippen molar-refractivity contribution in [2.45, 2.75) is 129 Å². The third-order valence-electron chi connectivity index (χ3n) is 15.7. The van der Waals surface area contributed by atoms with Gasteiger partial charge in [0, 0.05) is 55.7 Å². The van der Waals surface area contributed by atoms with Gasteiger partial charge in [-0.25, -0.2) is 9.97 Å². The summed E-state index contributed by atoms with van der Waals surface area (Å²) in [6.45, 7) is 15.9. The molecule has 1 unspecified atom stereocenters. The summed E-state index contributed by atoms with van der Waals surface area (Å²) in [7, 11) is 0. The van der Waals surface area contributed by atoms with Gasteiger partial charge in [0.25, 0.3) is 0 Å². The zero-order valence-electron chi connectivity index (χ0n) is 47.1. The highest BCUT2D eigenvalue weighted by Crippen LogP contribution is 2.42.